The summed E-state index contributed by atoms with van der Waals surface area (Å²) in [5.41, 5.74) is 4.83. The molecule has 30 heavy (non-hydrogen) atoms. The Hall–Kier alpha value is -3.56. The summed E-state index contributed by atoms with van der Waals surface area (Å²) in [6.07, 6.45) is 0. The Morgan fingerprint density at radius 3 is 2.53 bits per heavy atom. The van der Waals surface area contributed by atoms with Gasteiger partial charge in [0, 0.05) is 18.4 Å². The number of nitriles is 1. The van der Waals surface area contributed by atoms with Gasteiger partial charge in [0.2, 0.25) is 0 Å². The maximum Gasteiger partial charge on any atom is 0.191 e. The lowest BCUT2D eigenvalue weighted by Crippen LogP contribution is -1.95. The van der Waals surface area contributed by atoms with Crippen molar-refractivity contribution in [3.8, 4) is 34.3 Å². The van der Waals surface area contributed by atoms with Crippen molar-refractivity contribution in [2.45, 2.75) is 10.9 Å². The molecule has 0 fully saturated rings. The van der Waals surface area contributed by atoms with Gasteiger partial charge in [-0.2, -0.15) is 5.26 Å². The predicted molar refractivity (Wildman–Crippen MR) is 119 cm³/mol. The number of ether oxygens (including phenoxy) is 1. The quantitative estimate of drug-likeness (QED) is 0.401. The minimum Gasteiger partial charge on any atom is -0.497 e. The first-order valence-corrected chi connectivity index (χ1v) is 10.4. The molecule has 0 saturated heterocycles. The van der Waals surface area contributed by atoms with Crippen LogP contribution in [0, 0.1) is 11.3 Å². The summed E-state index contributed by atoms with van der Waals surface area (Å²) in [6, 6.07) is 26.0. The molecule has 0 unspecified atom stereocenters. The number of hydrogen-bond acceptors (Lipinski definition) is 5. The molecule has 4 rings (SSSR count). The van der Waals surface area contributed by atoms with Gasteiger partial charge in [-0.3, -0.25) is 0 Å². The Morgan fingerprint density at radius 2 is 1.77 bits per heavy atom. The van der Waals surface area contributed by atoms with Gasteiger partial charge in [0.25, 0.3) is 0 Å². The molecule has 0 amide bonds. The van der Waals surface area contributed by atoms with E-state index in [-0.39, 0.29) is 0 Å². The molecule has 0 N–H and O–H groups in total. The summed E-state index contributed by atoms with van der Waals surface area (Å²) < 4.78 is 7.30. The second kappa shape index (κ2) is 8.85. The van der Waals surface area contributed by atoms with Gasteiger partial charge < -0.3 is 9.30 Å². The summed E-state index contributed by atoms with van der Waals surface area (Å²) in [4.78, 5) is 0. The zero-order valence-corrected chi connectivity index (χ0v) is 17.6. The summed E-state index contributed by atoms with van der Waals surface area (Å²) in [6.45, 7) is 0. The maximum atomic E-state index is 9.31. The summed E-state index contributed by atoms with van der Waals surface area (Å²) >= 11 is 1.64. The zero-order valence-electron chi connectivity index (χ0n) is 16.7. The first-order valence-electron chi connectivity index (χ1n) is 9.44. The number of benzene rings is 3. The van der Waals surface area contributed by atoms with Crippen LogP contribution in [0.5, 0.6) is 5.75 Å². The molecule has 4 aromatic rings. The lowest BCUT2D eigenvalue weighted by molar-refractivity contribution is 0.415. The summed E-state index contributed by atoms with van der Waals surface area (Å²) in [5.74, 6) is 2.38. The molecule has 0 spiro atoms. The molecule has 1 heterocycles. The van der Waals surface area contributed by atoms with Gasteiger partial charge in [-0.1, -0.05) is 66.4 Å². The zero-order chi connectivity index (χ0) is 20.9. The van der Waals surface area contributed by atoms with Crippen LogP contribution in [-0.2, 0) is 12.8 Å². The second-order valence-electron chi connectivity index (χ2n) is 6.74. The van der Waals surface area contributed by atoms with Crippen molar-refractivity contribution >= 4 is 11.8 Å². The van der Waals surface area contributed by atoms with E-state index in [1.54, 1.807) is 18.9 Å². The SMILES string of the molecule is COc1cccc(-c2nnc(SCc3ccc(-c4ccccc4C#N)cc3)n2C)c1. The van der Waals surface area contributed by atoms with Gasteiger partial charge in [0.15, 0.2) is 11.0 Å². The van der Waals surface area contributed by atoms with Gasteiger partial charge in [0.1, 0.15) is 5.75 Å². The molecule has 6 heteroatoms. The molecule has 5 nitrogen and oxygen atoms in total. The minimum atomic E-state index is 0.684. The molecule has 1 aromatic heterocycles. The van der Waals surface area contributed by atoms with Gasteiger partial charge >= 0.3 is 0 Å². The standard InChI is InChI=1S/C24H20N4OS/c1-28-23(19-7-5-8-21(14-19)29-2)26-27-24(28)30-16-17-10-12-18(13-11-17)22-9-4-3-6-20(22)15-25/h3-14H,16H2,1-2H3. The lowest BCUT2D eigenvalue weighted by atomic mass is 10.00. The van der Waals surface area contributed by atoms with Crippen LogP contribution in [0.4, 0.5) is 0 Å². The number of nitrogens with zero attached hydrogens (tertiary/aromatic N) is 4. The van der Waals surface area contributed by atoms with E-state index in [9.17, 15) is 5.26 Å². The highest BCUT2D eigenvalue weighted by Gasteiger charge is 2.12. The Bertz CT molecular complexity index is 1210. The lowest BCUT2D eigenvalue weighted by Gasteiger charge is -2.07. The fourth-order valence-corrected chi connectivity index (χ4v) is 4.08. The molecule has 0 aliphatic heterocycles. The Kier molecular flexibility index (Phi) is 5.82. The van der Waals surface area contributed by atoms with Crippen molar-refractivity contribution in [1.82, 2.24) is 14.8 Å². The molecule has 148 valence electrons. The largest absolute Gasteiger partial charge is 0.497 e. The third-order valence-electron chi connectivity index (χ3n) is 4.84. The highest BCUT2D eigenvalue weighted by atomic mass is 32.2. The van der Waals surface area contributed by atoms with Crippen LogP contribution in [0.1, 0.15) is 11.1 Å². The highest BCUT2D eigenvalue weighted by molar-refractivity contribution is 7.98. The molecule has 0 radical (unpaired) electrons. The van der Waals surface area contributed by atoms with Gasteiger partial charge in [-0.15, -0.1) is 10.2 Å². The van der Waals surface area contributed by atoms with E-state index in [0.717, 1.165) is 39.2 Å². The first kappa shape index (κ1) is 19.7. The van der Waals surface area contributed by atoms with E-state index in [2.05, 4.69) is 40.5 Å². The normalized spacial score (nSPS) is 10.6. The minimum absolute atomic E-state index is 0.684. The van der Waals surface area contributed by atoms with Crippen LogP contribution in [0.3, 0.4) is 0 Å². The summed E-state index contributed by atoms with van der Waals surface area (Å²) in [5, 5.41) is 18.9. The van der Waals surface area contributed by atoms with E-state index in [4.69, 9.17) is 4.74 Å². The van der Waals surface area contributed by atoms with Crippen LogP contribution in [0.15, 0.2) is 78.0 Å². The molecule has 0 aliphatic rings. The molecule has 3 aromatic carbocycles. The van der Waals surface area contributed by atoms with Crippen molar-refractivity contribution in [2.75, 3.05) is 7.11 Å². The van der Waals surface area contributed by atoms with E-state index in [1.165, 1.54) is 5.56 Å². The fraction of sp³-hybridized carbons (Fsp3) is 0.125. The molecule has 0 bridgehead atoms. The number of hydrogen-bond donors (Lipinski definition) is 0. The summed E-state index contributed by atoms with van der Waals surface area (Å²) in [7, 11) is 3.63. The monoisotopic (exact) mass is 412 g/mol. The third kappa shape index (κ3) is 4.07. The van der Waals surface area contributed by atoms with Gasteiger partial charge in [-0.25, -0.2) is 0 Å². The number of methoxy groups -OCH3 is 1. The van der Waals surface area contributed by atoms with Crippen molar-refractivity contribution in [3.63, 3.8) is 0 Å². The second-order valence-corrected chi connectivity index (χ2v) is 7.68. The number of rotatable bonds is 6. The Balaban J connectivity index is 1.48. The van der Waals surface area contributed by atoms with Crippen LogP contribution < -0.4 is 4.74 Å². The topological polar surface area (TPSA) is 63.7 Å². The van der Waals surface area contributed by atoms with Crippen molar-refractivity contribution in [3.05, 3.63) is 83.9 Å². The fourth-order valence-electron chi connectivity index (χ4n) is 3.21. The molecule has 0 aliphatic carbocycles. The Morgan fingerprint density at radius 1 is 0.967 bits per heavy atom. The van der Waals surface area contributed by atoms with Gasteiger partial charge in [-0.05, 0) is 34.9 Å². The van der Waals surface area contributed by atoms with Crippen LogP contribution >= 0.6 is 11.8 Å². The van der Waals surface area contributed by atoms with Crippen LogP contribution in [-0.4, -0.2) is 21.9 Å². The maximum absolute atomic E-state index is 9.31. The average molecular weight is 413 g/mol. The van der Waals surface area contributed by atoms with Crippen molar-refractivity contribution in [1.29, 1.82) is 5.26 Å². The van der Waals surface area contributed by atoms with E-state index in [1.807, 2.05) is 60.1 Å². The van der Waals surface area contributed by atoms with Crippen molar-refractivity contribution < 1.29 is 4.74 Å². The molecule has 0 saturated carbocycles. The van der Waals surface area contributed by atoms with Crippen LogP contribution in [0.2, 0.25) is 0 Å². The first-order chi connectivity index (χ1) is 14.7. The highest BCUT2D eigenvalue weighted by Crippen LogP contribution is 2.28. The van der Waals surface area contributed by atoms with E-state index in [0.29, 0.717) is 5.56 Å². The molecule has 0 atom stereocenters. The van der Waals surface area contributed by atoms with Crippen molar-refractivity contribution in [2.24, 2.45) is 7.05 Å². The number of aromatic nitrogens is 3. The molecular formula is C24H20N4OS. The smallest absolute Gasteiger partial charge is 0.191 e. The van der Waals surface area contributed by atoms with Crippen LogP contribution in [0.25, 0.3) is 22.5 Å². The third-order valence-corrected chi connectivity index (χ3v) is 5.93. The van der Waals surface area contributed by atoms with Gasteiger partial charge in [0.05, 0.1) is 18.7 Å². The molecular weight excluding hydrogens is 392 g/mol. The Labute approximate surface area is 180 Å². The van der Waals surface area contributed by atoms with E-state index < -0.39 is 0 Å². The predicted octanol–water partition coefficient (Wildman–Crippen LogP) is 5.32. The number of thioether (sulfide) groups is 1. The average Bonchev–Trinajstić information content (AvgIpc) is 3.18. The van der Waals surface area contributed by atoms with E-state index >= 15 is 0 Å².